The number of hydrogen-bond donors (Lipinski definition) is 0. The van der Waals surface area contributed by atoms with E-state index >= 15 is 0 Å². The maximum atomic E-state index is 12.5. The van der Waals surface area contributed by atoms with Crippen molar-refractivity contribution in [3.05, 3.63) is 28.2 Å². The fraction of sp³-hybridized carbons (Fsp3) is 0.579. The van der Waals surface area contributed by atoms with Crippen LogP contribution in [-0.4, -0.2) is 35.3 Å². The topological polar surface area (TPSA) is 46.6 Å². The van der Waals surface area contributed by atoms with Crippen molar-refractivity contribution in [1.29, 1.82) is 0 Å². The van der Waals surface area contributed by atoms with Gasteiger partial charge in [-0.3, -0.25) is 9.59 Å². The van der Waals surface area contributed by atoms with Gasteiger partial charge in [0.05, 0.1) is 12.0 Å². The zero-order valence-corrected chi connectivity index (χ0v) is 16.1. The van der Waals surface area contributed by atoms with Crippen molar-refractivity contribution in [3.63, 3.8) is 0 Å². The summed E-state index contributed by atoms with van der Waals surface area (Å²) < 4.78 is 7.12. The van der Waals surface area contributed by atoms with Crippen LogP contribution in [0, 0.1) is 5.41 Å². The fourth-order valence-corrected chi connectivity index (χ4v) is 3.84. The number of piperidine rings is 1. The average Bonchev–Trinajstić information content (AvgIpc) is 2.47. The number of Topliss-reactive ketones (excluding diaryl/α,β-unsaturated/α-hetero) is 1. The number of carbonyl (C=O) groups excluding carboxylic acids is 2. The van der Waals surface area contributed by atoms with Gasteiger partial charge in [0.15, 0.2) is 5.78 Å². The van der Waals surface area contributed by atoms with Crippen LogP contribution in [0.15, 0.2) is 22.7 Å². The minimum absolute atomic E-state index is 0.00412. The van der Waals surface area contributed by atoms with Gasteiger partial charge in [-0.25, -0.2) is 0 Å². The summed E-state index contributed by atoms with van der Waals surface area (Å²) in [6.07, 6.45) is 2.38. The highest BCUT2D eigenvalue weighted by Gasteiger charge is 2.43. The summed E-state index contributed by atoms with van der Waals surface area (Å²) in [7, 11) is 0. The molecule has 0 aromatic heterocycles. The predicted octanol–water partition coefficient (Wildman–Crippen LogP) is 4.21. The number of ether oxygens (including phenoxy) is 1. The SMILES string of the molecule is CC(C)(C)CC(=O)N1CCC2(CC1)CC(=O)c1cc(Br)ccc1O2. The maximum Gasteiger partial charge on any atom is 0.223 e. The van der Waals surface area contributed by atoms with Crippen LogP contribution in [-0.2, 0) is 4.79 Å². The molecule has 5 heteroatoms. The summed E-state index contributed by atoms with van der Waals surface area (Å²) in [5.74, 6) is 1.000. The smallest absolute Gasteiger partial charge is 0.223 e. The Kier molecular flexibility index (Phi) is 4.49. The molecule has 1 saturated heterocycles. The Bertz CT molecular complexity index is 670. The molecule has 0 aliphatic carbocycles. The molecule has 0 saturated carbocycles. The van der Waals surface area contributed by atoms with Crippen LogP contribution in [0.4, 0.5) is 0 Å². The first-order valence-corrected chi connectivity index (χ1v) is 9.26. The first kappa shape index (κ1) is 17.5. The molecular formula is C19H24BrNO3. The summed E-state index contributed by atoms with van der Waals surface area (Å²) in [4.78, 5) is 26.8. The second kappa shape index (κ2) is 6.17. The number of fused-ring (bicyclic) bond motifs is 1. The highest BCUT2D eigenvalue weighted by Crippen LogP contribution is 2.40. The van der Waals surface area contributed by atoms with Gasteiger partial charge >= 0.3 is 0 Å². The molecule has 0 radical (unpaired) electrons. The van der Waals surface area contributed by atoms with Gasteiger partial charge in [0.25, 0.3) is 0 Å². The molecule has 24 heavy (non-hydrogen) atoms. The summed E-state index contributed by atoms with van der Waals surface area (Å²) in [6, 6.07) is 5.58. The molecule has 130 valence electrons. The molecule has 3 rings (SSSR count). The molecule has 2 heterocycles. The summed E-state index contributed by atoms with van der Waals surface area (Å²) in [5, 5.41) is 0. The van der Waals surface area contributed by atoms with Gasteiger partial charge in [-0.1, -0.05) is 36.7 Å². The Morgan fingerprint density at radius 1 is 1.29 bits per heavy atom. The number of rotatable bonds is 1. The number of amides is 1. The second-order valence-corrected chi connectivity index (χ2v) is 9.06. The number of nitrogens with zero attached hydrogens (tertiary/aromatic N) is 1. The lowest BCUT2D eigenvalue weighted by Crippen LogP contribution is -2.52. The van der Waals surface area contributed by atoms with Crippen molar-refractivity contribution in [1.82, 2.24) is 4.90 Å². The standard InChI is InChI=1S/C19H24BrNO3/c1-18(2,3)12-17(23)21-8-6-19(7-9-21)11-15(22)14-10-13(20)4-5-16(14)24-19/h4-5,10H,6-9,11-12H2,1-3H3. The fourth-order valence-electron chi connectivity index (χ4n) is 3.47. The van der Waals surface area contributed by atoms with Crippen molar-refractivity contribution < 1.29 is 14.3 Å². The number of ketones is 1. The van der Waals surface area contributed by atoms with E-state index in [0.29, 0.717) is 50.1 Å². The summed E-state index contributed by atoms with van der Waals surface area (Å²) in [5.41, 5.74) is 0.202. The molecule has 1 aromatic carbocycles. The molecule has 4 nitrogen and oxygen atoms in total. The van der Waals surface area contributed by atoms with Crippen molar-refractivity contribution in [2.45, 2.75) is 52.1 Å². The Hall–Kier alpha value is -1.36. The third kappa shape index (κ3) is 3.66. The first-order chi connectivity index (χ1) is 11.2. The van der Waals surface area contributed by atoms with Gasteiger partial charge in [-0.2, -0.15) is 0 Å². The van der Waals surface area contributed by atoms with Crippen LogP contribution >= 0.6 is 15.9 Å². The predicted molar refractivity (Wildman–Crippen MR) is 96.3 cm³/mol. The first-order valence-electron chi connectivity index (χ1n) is 8.47. The van der Waals surface area contributed by atoms with E-state index in [2.05, 4.69) is 36.7 Å². The van der Waals surface area contributed by atoms with E-state index in [0.717, 1.165) is 4.47 Å². The number of halogens is 1. The molecule has 1 fully saturated rings. The molecule has 1 aromatic rings. The van der Waals surface area contributed by atoms with E-state index in [9.17, 15) is 9.59 Å². The summed E-state index contributed by atoms with van der Waals surface area (Å²) in [6.45, 7) is 7.55. The van der Waals surface area contributed by atoms with Crippen LogP contribution in [0.1, 0.15) is 56.8 Å². The molecule has 2 aliphatic heterocycles. The molecule has 1 spiro atoms. The van der Waals surface area contributed by atoms with Gasteiger partial charge in [-0.05, 0) is 23.6 Å². The molecule has 1 amide bonds. The normalized spacial score (nSPS) is 19.8. The monoisotopic (exact) mass is 393 g/mol. The van der Waals surface area contributed by atoms with E-state index in [1.807, 2.05) is 23.1 Å². The Morgan fingerprint density at radius 2 is 1.96 bits per heavy atom. The molecule has 0 atom stereocenters. The quantitative estimate of drug-likeness (QED) is 0.717. The lowest BCUT2D eigenvalue weighted by Gasteiger charge is -2.44. The number of hydrogen-bond acceptors (Lipinski definition) is 3. The van der Waals surface area contributed by atoms with Gasteiger partial charge in [-0.15, -0.1) is 0 Å². The minimum Gasteiger partial charge on any atom is -0.486 e. The van der Waals surface area contributed by atoms with Crippen LogP contribution in [0.3, 0.4) is 0 Å². The second-order valence-electron chi connectivity index (χ2n) is 8.14. The molecule has 0 bridgehead atoms. The van der Waals surface area contributed by atoms with E-state index in [1.54, 1.807) is 0 Å². The summed E-state index contributed by atoms with van der Waals surface area (Å²) >= 11 is 3.40. The number of benzene rings is 1. The zero-order chi connectivity index (χ0) is 17.5. The Morgan fingerprint density at radius 3 is 2.58 bits per heavy atom. The molecular weight excluding hydrogens is 370 g/mol. The van der Waals surface area contributed by atoms with E-state index in [4.69, 9.17) is 4.74 Å². The van der Waals surface area contributed by atoms with Crippen molar-refractivity contribution in [2.24, 2.45) is 5.41 Å². The third-order valence-corrected chi connectivity index (χ3v) is 5.25. The Labute approximate surface area is 151 Å². The number of carbonyl (C=O) groups is 2. The van der Waals surface area contributed by atoms with Gasteiger partial charge in [0.1, 0.15) is 11.4 Å². The van der Waals surface area contributed by atoms with Gasteiger partial charge < -0.3 is 9.64 Å². The molecule has 0 unspecified atom stereocenters. The van der Waals surface area contributed by atoms with Gasteiger partial charge in [0.2, 0.25) is 5.91 Å². The maximum absolute atomic E-state index is 12.5. The largest absolute Gasteiger partial charge is 0.486 e. The van der Waals surface area contributed by atoms with Crippen LogP contribution in [0.2, 0.25) is 0 Å². The van der Waals surface area contributed by atoms with Crippen molar-refractivity contribution >= 4 is 27.6 Å². The van der Waals surface area contributed by atoms with E-state index < -0.39 is 5.60 Å². The Balaban J connectivity index is 1.69. The minimum atomic E-state index is -0.448. The van der Waals surface area contributed by atoms with E-state index in [1.165, 1.54) is 0 Å². The van der Waals surface area contributed by atoms with E-state index in [-0.39, 0.29) is 17.1 Å². The average molecular weight is 394 g/mol. The van der Waals surface area contributed by atoms with Crippen LogP contribution in [0.25, 0.3) is 0 Å². The third-order valence-electron chi connectivity index (χ3n) is 4.76. The van der Waals surface area contributed by atoms with Crippen LogP contribution in [0.5, 0.6) is 5.75 Å². The highest BCUT2D eigenvalue weighted by atomic mass is 79.9. The lowest BCUT2D eigenvalue weighted by molar-refractivity contribution is -0.136. The van der Waals surface area contributed by atoms with Crippen molar-refractivity contribution in [2.75, 3.05) is 13.1 Å². The number of likely N-dealkylation sites (tertiary alicyclic amines) is 1. The van der Waals surface area contributed by atoms with Gasteiger partial charge in [0, 0.05) is 36.8 Å². The van der Waals surface area contributed by atoms with Crippen LogP contribution < -0.4 is 4.74 Å². The van der Waals surface area contributed by atoms with Crippen molar-refractivity contribution in [3.8, 4) is 5.75 Å². The molecule has 0 N–H and O–H groups in total. The zero-order valence-electron chi connectivity index (χ0n) is 14.5. The molecule has 2 aliphatic rings. The highest BCUT2D eigenvalue weighted by molar-refractivity contribution is 9.10. The lowest BCUT2D eigenvalue weighted by atomic mass is 9.82.